The van der Waals surface area contributed by atoms with Gasteiger partial charge in [0.2, 0.25) is 0 Å². The van der Waals surface area contributed by atoms with Gasteiger partial charge in [0, 0.05) is 66.9 Å². The molecule has 0 spiro atoms. The number of rotatable bonds is 27. The second kappa shape index (κ2) is 30.8. The lowest BCUT2D eigenvalue weighted by Crippen LogP contribution is -2.27. The van der Waals surface area contributed by atoms with Crippen molar-refractivity contribution < 1.29 is 33.3 Å². The van der Waals surface area contributed by atoms with Gasteiger partial charge in [0.05, 0.1) is 73.6 Å². The summed E-state index contributed by atoms with van der Waals surface area (Å²) in [6, 6.07) is 24.1. The summed E-state index contributed by atoms with van der Waals surface area (Å²) in [7, 11) is 6.00. The lowest BCUT2D eigenvalue weighted by Gasteiger charge is -2.18. The second-order valence-electron chi connectivity index (χ2n) is 17.9. The molecule has 0 saturated heterocycles. The molecule has 0 fully saturated rings. The largest absolute Gasteiger partial charge is 0.495 e. The number of nitro benzene ring substituents is 1. The van der Waals surface area contributed by atoms with E-state index in [1.165, 1.54) is 47.2 Å². The molecule has 0 unspecified atom stereocenters. The van der Waals surface area contributed by atoms with Gasteiger partial charge < -0.3 is 65.2 Å². The fourth-order valence-corrected chi connectivity index (χ4v) is 9.53. The molecule has 22 nitrogen and oxygen atoms in total. The highest BCUT2D eigenvalue weighted by molar-refractivity contribution is 6.42. The number of nitro groups is 1. The molecule has 8 rings (SSSR count). The average molecular weight is 1230 g/mol. The first-order chi connectivity index (χ1) is 40.7. The lowest BCUT2D eigenvalue weighted by atomic mass is 10.1. The Bertz CT molecular complexity index is 3470. The van der Waals surface area contributed by atoms with Crippen molar-refractivity contribution in [3.05, 3.63) is 140 Å². The molecule has 442 valence electrons. The number of nitrogens with two attached hydrogens (primary N) is 1. The molecule has 0 aliphatic carbocycles. The van der Waals surface area contributed by atoms with Crippen molar-refractivity contribution in [3.8, 4) is 57.0 Å². The SMILES string of the molecule is CCN(CC)CCOc1ccc(Nc2cc(-c3cccnc3Nc3c(Cl)c(OC)cc(OC)c3Cl)ncn2)c(N)c1.CCN(CC)CCOc1ccc(Nc2cc(-c3cccnc3Nc3c(Cl)c(OC)cc(OC)c3Cl)ncn2)c([N+](=O)[O-])c1. The summed E-state index contributed by atoms with van der Waals surface area (Å²) < 4.78 is 33.2. The molecule has 8 aromatic rings. The minimum absolute atomic E-state index is 0.152. The van der Waals surface area contributed by atoms with Gasteiger partial charge in [0.25, 0.3) is 5.69 Å². The lowest BCUT2D eigenvalue weighted by molar-refractivity contribution is -0.384. The Kier molecular flexibility index (Phi) is 23.2. The van der Waals surface area contributed by atoms with Crippen molar-refractivity contribution in [2.24, 2.45) is 0 Å². The molecule has 4 aromatic carbocycles. The van der Waals surface area contributed by atoms with E-state index >= 15 is 0 Å². The predicted molar refractivity (Wildman–Crippen MR) is 333 cm³/mol. The predicted octanol–water partition coefficient (Wildman–Crippen LogP) is 13.6. The van der Waals surface area contributed by atoms with E-state index < -0.39 is 4.92 Å². The van der Waals surface area contributed by atoms with Crippen molar-refractivity contribution in [2.45, 2.75) is 27.7 Å². The van der Waals surface area contributed by atoms with Crippen molar-refractivity contribution in [2.75, 3.05) is 108 Å². The summed E-state index contributed by atoms with van der Waals surface area (Å²) in [5, 5.41) is 25.6. The molecule has 4 heterocycles. The standard InChI is InChI=1S/C29H31Cl2N7O5.C29H33Cl2N7O3/c1-5-37(6-2)12-13-43-18-9-10-20(22(14-18)38(39)40)35-25-15-21(33-17-34-25)19-8-7-11-32-29(19)36-28-26(30)23(41-3)16-24(42-4)27(28)31;1-5-38(6-2)12-13-41-18-9-10-21(20(32)14-18)36-25-15-22(34-17-35-25)19-8-7-11-33-29(19)37-28-26(30)23(39-3)16-24(40-4)27(28)31/h7-11,14-17H,5-6,12-13H2,1-4H3,(H,32,36)(H,33,34,35);7-11,14-17H,5-6,12-13,32H2,1-4H3,(H,33,37)(H,34,35,36). The highest BCUT2D eigenvalue weighted by atomic mass is 35.5. The van der Waals surface area contributed by atoms with E-state index in [0.717, 1.165) is 39.3 Å². The van der Waals surface area contributed by atoms with Gasteiger partial charge in [-0.3, -0.25) is 10.1 Å². The Labute approximate surface area is 507 Å². The molecule has 84 heavy (non-hydrogen) atoms. The maximum atomic E-state index is 11.9. The zero-order valence-electron chi connectivity index (χ0n) is 47.4. The summed E-state index contributed by atoms with van der Waals surface area (Å²) in [5.41, 5.74) is 10.7. The Morgan fingerprint density at radius 1 is 0.524 bits per heavy atom. The fourth-order valence-electron chi connectivity index (χ4n) is 8.34. The topological polar surface area (TPSA) is 256 Å². The number of benzene rings is 4. The van der Waals surface area contributed by atoms with Gasteiger partial charge in [-0.25, -0.2) is 29.9 Å². The number of methoxy groups -OCH3 is 4. The number of ether oxygens (including phenoxy) is 6. The third-order valence-electron chi connectivity index (χ3n) is 13.0. The minimum Gasteiger partial charge on any atom is -0.495 e. The van der Waals surface area contributed by atoms with Gasteiger partial charge >= 0.3 is 0 Å². The number of nitrogens with one attached hydrogen (secondary N) is 4. The zero-order valence-corrected chi connectivity index (χ0v) is 50.5. The van der Waals surface area contributed by atoms with Crippen LogP contribution < -0.4 is 55.4 Å². The molecular weight excluding hydrogens is 1160 g/mol. The Morgan fingerprint density at radius 2 is 0.929 bits per heavy atom. The molecule has 0 saturated carbocycles. The number of hydrogen-bond acceptors (Lipinski definition) is 21. The van der Waals surface area contributed by atoms with E-state index in [9.17, 15) is 10.1 Å². The maximum Gasteiger partial charge on any atom is 0.296 e. The average Bonchev–Trinajstić information content (AvgIpc) is 3.09. The van der Waals surface area contributed by atoms with E-state index in [1.807, 2.05) is 24.3 Å². The molecular formula is C58H64Cl4N14O8. The van der Waals surface area contributed by atoms with Crippen LogP contribution in [0, 0.1) is 10.1 Å². The Balaban J connectivity index is 0.000000241. The van der Waals surface area contributed by atoms with Crippen LogP contribution in [0.4, 0.5) is 57.4 Å². The number of nitrogens with zero attached hydrogens (tertiary/aromatic N) is 9. The quantitative estimate of drug-likeness (QED) is 0.0182. The van der Waals surface area contributed by atoms with Crippen LogP contribution >= 0.6 is 46.4 Å². The summed E-state index contributed by atoms with van der Waals surface area (Å²) in [6.45, 7) is 14.8. The number of pyridine rings is 2. The maximum absolute atomic E-state index is 11.9. The van der Waals surface area contributed by atoms with E-state index in [1.54, 1.807) is 67.0 Å². The molecule has 0 atom stereocenters. The van der Waals surface area contributed by atoms with Gasteiger partial charge in [-0.1, -0.05) is 74.1 Å². The molecule has 6 N–H and O–H groups in total. The Morgan fingerprint density at radius 3 is 1.32 bits per heavy atom. The first-order valence-electron chi connectivity index (χ1n) is 26.4. The normalized spacial score (nSPS) is 10.9. The zero-order chi connectivity index (χ0) is 60.3. The summed E-state index contributed by atoms with van der Waals surface area (Å²) in [4.78, 5) is 42.4. The van der Waals surface area contributed by atoms with Crippen LogP contribution in [-0.2, 0) is 0 Å². The van der Waals surface area contributed by atoms with E-state index in [4.69, 9.17) is 80.6 Å². The first kappa shape index (κ1) is 63.2. The highest BCUT2D eigenvalue weighted by Crippen LogP contribution is 2.47. The second-order valence-corrected chi connectivity index (χ2v) is 19.4. The molecule has 0 amide bonds. The number of hydrogen-bond donors (Lipinski definition) is 5. The van der Waals surface area contributed by atoms with Crippen LogP contribution in [0.2, 0.25) is 20.1 Å². The van der Waals surface area contributed by atoms with E-state index in [-0.39, 0.29) is 31.5 Å². The number of likely N-dealkylation sites (N-methyl/N-ethyl adjacent to an activating group) is 2. The van der Waals surface area contributed by atoms with Crippen molar-refractivity contribution in [1.29, 1.82) is 0 Å². The van der Waals surface area contributed by atoms with Gasteiger partial charge in [0.1, 0.15) is 109 Å². The summed E-state index contributed by atoms with van der Waals surface area (Å²) in [6.07, 6.45) is 6.06. The Hall–Kier alpha value is -8.38. The minimum atomic E-state index is -0.472. The molecule has 0 aliphatic rings. The number of aromatic nitrogens is 6. The van der Waals surface area contributed by atoms with E-state index in [0.29, 0.717) is 116 Å². The fraction of sp³-hybridized carbons (Fsp3) is 0.276. The number of nitrogen functional groups attached to an aromatic ring is 1. The molecule has 0 bridgehead atoms. The van der Waals surface area contributed by atoms with Crippen LogP contribution in [0.3, 0.4) is 0 Å². The van der Waals surface area contributed by atoms with Crippen LogP contribution in [0.5, 0.6) is 34.5 Å². The van der Waals surface area contributed by atoms with Crippen molar-refractivity contribution >= 4 is 104 Å². The van der Waals surface area contributed by atoms with Crippen LogP contribution in [-0.4, -0.2) is 126 Å². The van der Waals surface area contributed by atoms with Gasteiger partial charge in [-0.05, 0) is 74.7 Å². The monoisotopic (exact) mass is 1220 g/mol. The van der Waals surface area contributed by atoms with Gasteiger partial charge in [-0.2, -0.15) is 0 Å². The highest BCUT2D eigenvalue weighted by Gasteiger charge is 2.23. The first-order valence-corrected chi connectivity index (χ1v) is 27.9. The molecule has 4 aromatic heterocycles. The van der Waals surface area contributed by atoms with Crippen LogP contribution in [0.25, 0.3) is 22.5 Å². The smallest absolute Gasteiger partial charge is 0.296 e. The van der Waals surface area contributed by atoms with Crippen LogP contribution in [0.1, 0.15) is 27.7 Å². The summed E-state index contributed by atoms with van der Waals surface area (Å²) in [5.74, 6) is 4.38. The van der Waals surface area contributed by atoms with Crippen LogP contribution in [0.15, 0.2) is 110 Å². The molecule has 0 radical (unpaired) electrons. The number of anilines is 9. The van der Waals surface area contributed by atoms with Crippen molar-refractivity contribution in [1.82, 2.24) is 39.7 Å². The third kappa shape index (κ3) is 16.0. The van der Waals surface area contributed by atoms with Crippen molar-refractivity contribution in [3.63, 3.8) is 0 Å². The number of halogens is 4. The summed E-state index contributed by atoms with van der Waals surface area (Å²) >= 11 is 26.3. The molecule has 26 heteroatoms. The third-order valence-corrected chi connectivity index (χ3v) is 14.5. The van der Waals surface area contributed by atoms with Gasteiger partial charge in [0.15, 0.2) is 0 Å². The van der Waals surface area contributed by atoms with E-state index in [2.05, 4.69) is 88.7 Å². The van der Waals surface area contributed by atoms with Gasteiger partial charge in [-0.15, -0.1) is 0 Å². The molecule has 0 aliphatic heterocycles.